The average molecular weight is 114 g/mol. The van der Waals surface area contributed by atoms with Gasteiger partial charge in [0.15, 0.2) is 0 Å². The Balaban J connectivity index is 2.28. The molecule has 1 heteroatoms. The molecule has 1 aliphatic carbocycles. The fourth-order valence-electron chi connectivity index (χ4n) is 1.39. The van der Waals surface area contributed by atoms with Crippen molar-refractivity contribution in [1.29, 1.82) is 0 Å². The van der Waals surface area contributed by atoms with Crippen LogP contribution in [0.3, 0.4) is 0 Å². The van der Waals surface area contributed by atoms with Gasteiger partial charge >= 0.3 is 0 Å². The molecule has 0 aromatic rings. The first kappa shape index (κ1) is 6.09. The third kappa shape index (κ3) is 1.22. The highest BCUT2D eigenvalue weighted by Gasteiger charge is 2.19. The summed E-state index contributed by atoms with van der Waals surface area (Å²) in [6.45, 7) is 2.32. The first-order valence-electron chi connectivity index (χ1n) is 3.64. The van der Waals surface area contributed by atoms with Crippen LogP contribution in [0.15, 0.2) is 0 Å². The minimum atomic E-state index is 0.753. The lowest BCUT2D eigenvalue weighted by Crippen LogP contribution is -2.64. The Bertz CT molecular complexity index is 60.8. The number of rotatable bonds is 0. The maximum Gasteiger partial charge on any atom is 0.0869 e. The van der Waals surface area contributed by atoms with Crippen molar-refractivity contribution in [2.75, 3.05) is 0 Å². The molecule has 8 heavy (non-hydrogen) atoms. The highest BCUT2D eigenvalue weighted by Crippen LogP contribution is 2.20. The van der Waals surface area contributed by atoms with Gasteiger partial charge < -0.3 is 5.73 Å². The van der Waals surface area contributed by atoms with E-state index in [0.717, 1.165) is 12.0 Å². The van der Waals surface area contributed by atoms with Crippen molar-refractivity contribution in [1.82, 2.24) is 0 Å². The summed E-state index contributed by atoms with van der Waals surface area (Å²) in [5, 5.41) is 0. The number of hydrogen-bond acceptors (Lipinski definition) is 0. The summed E-state index contributed by atoms with van der Waals surface area (Å²) in [6.07, 6.45) is 5.63. The summed E-state index contributed by atoms with van der Waals surface area (Å²) in [6, 6.07) is 0.753. The van der Waals surface area contributed by atoms with E-state index in [1.807, 2.05) is 0 Å². The largest absolute Gasteiger partial charge is 0.355 e. The van der Waals surface area contributed by atoms with Gasteiger partial charge in [0, 0.05) is 5.92 Å². The van der Waals surface area contributed by atoms with E-state index in [2.05, 4.69) is 12.7 Å². The van der Waals surface area contributed by atoms with Gasteiger partial charge in [0.1, 0.15) is 0 Å². The summed E-state index contributed by atoms with van der Waals surface area (Å²) < 4.78 is 0. The second-order valence-corrected chi connectivity index (χ2v) is 3.02. The van der Waals surface area contributed by atoms with E-state index in [1.54, 1.807) is 0 Å². The molecule has 1 aliphatic rings. The molecule has 0 amide bonds. The second kappa shape index (κ2) is 2.49. The van der Waals surface area contributed by atoms with E-state index in [0.29, 0.717) is 0 Å². The first-order valence-corrected chi connectivity index (χ1v) is 3.64. The van der Waals surface area contributed by atoms with Crippen LogP contribution in [0.2, 0.25) is 0 Å². The van der Waals surface area contributed by atoms with Crippen LogP contribution >= 0.6 is 0 Å². The Morgan fingerprint density at radius 2 is 1.88 bits per heavy atom. The van der Waals surface area contributed by atoms with Crippen molar-refractivity contribution in [3.8, 4) is 0 Å². The van der Waals surface area contributed by atoms with E-state index >= 15 is 0 Å². The Morgan fingerprint density at radius 1 is 1.25 bits per heavy atom. The van der Waals surface area contributed by atoms with Gasteiger partial charge in [-0.15, -0.1) is 0 Å². The smallest absolute Gasteiger partial charge is 0.0869 e. The Morgan fingerprint density at radius 3 is 2.25 bits per heavy atom. The first-order chi connectivity index (χ1) is 3.80. The van der Waals surface area contributed by atoms with E-state index < -0.39 is 0 Å². The van der Waals surface area contributed by atoms with E-state index in [9.17, 15) is 0 Å². The third-order valence-corrected chi connectivity index (χ3v) is 2.29. The van der Waals surface area contributed by atoms with Gasteiger partial charge in [0.05, 0.1) is 6.04 Å². The standard InChI is InChI=1S/C7H15N/c1-6-4-2-3-5-7(6)8/h6-7H,2-5,8H2,1H3/p+1/t6-,7+/m0/s1. The quantitative estimate of drug-likeness (QED) is 0.482. The summed E-state index contributed by atoms with van der Waals surface area (Å²) in [7, 11) is 0. The molecule has 0 spiro atoms. The molecule has 0 aliphatic heterocycles. The highest BCUT2D eigenvalue weighted by molar-refractivity contribution is 4.68. The van der Waals surface area contributed by atoms with Crippen LogP contribution in [0.1, 0.15) is 32.6 Å². The van der Waals surface area contributed by atoms with Gasteiger partial charge in [-0.05, 0) is 19.3 Å². The molecule has 0 heterocycles. The number of quaternary nitrogens is 1. The van der Waals surface area contributed by atoms with Crippen LogP contribution < -0.4 is 5.73 Å². The highest BCUT2D eigenvalue weighted by atomic mass is 14.6. The predicted molar refractivity (Wildman–Crippen MR) is 34.3 cm³/mol. The van der Waals surface area contributed by atoms with Crippen molar-refractivity contribution in [2.24, 2.45) is 5.92 Å². The fraction of sp³-hybridized carbons (Fsp3) is 1.00. The van der Waals surface area contributed by atoms with Crippen LogP contribution in [-0.4, -0.2) is 6.04 Å². The molecule has 3 N–H and O–H groups in total. The van der Waals surface area contributed by atoms with Crippen molar-refractivity contribution >= 4 is 0 Å². The molecule has 0 bridgehead atoms. The molecule has 2 atom stereocenters. The molecule has 0 aromatic heterocycles. The molecule has 1 nitrogen and oxygen atoms in total. The maximum absolute atomic E-state index is 4.08. The van der Waals surface area contributed by atoms with Crippen molar-refractivity contribution in [3.63, 3.8) is 0 Å². The summed E-state index contributed by atoms with van der Waals surface area (Å²) in [5.41, 5.74) is 4.08. The molecule has 0 aromatic carbocycles. The SMILES string of the molecule is C[C@H]1CCCC[C@H]1[NH3+]. The zero-order valence-corrected chi connectivity index (χ0v) is 5.69. The predicted octanol–water partition coefficient (Wildman–Crippen LogP) is 0.807. The van der Waals surface area contributed by atoms with Crippen molar-refractivity contribution < 1.29 is 5.73 Å². The molecule has 1 rings (SSSR count). The minimum absolute atomic E-state index is 0.753. The fourth-order valence-corrected chi connectivity index (χ4v) is 1.39. The molecule has 0 radical (unpaired) electrons. The zero-order valence-electron chi connectivity index (χ0n) is 5.69. The number of hydrogen-bond donors (Lipinski definition) is 1. The molecule has 0 saturated heterocycles. The minimum Gasteiger partial charge on any atom is -0.355 e. The second-order valence-electron chi connectivity index (χ2n) is 3.02. The lowest BCUT2D eigenvalue weighted by Gasteiger charge is -2.21. The summed E-state index contributed by atoms with van der Waals surface area (Å²) in [4.78, 5) is 0. The van der Waals surface area contributed by atoms with Gasteiger partial charge in [-0.3, -0.25) is 0 Å². The van der Waals surface area contributed by atoms with Crippen LogP contribution in [-0.2, 0) is 0 Å². The molecule has 1 fully saturated rings. The van der Waals surface area contributed by atoms with Crippen LogP contribution in [0, 0.1) is 5.92 Å². The van der Waals surface area contributed by atoms with Gasteiger partial charge in [-0.2, -0.15) is 0 Å². The lowest BCUT2D eigenvalue weighted by molar-refractivity contribution is -0.436. The topological polar surface area (TPSA) is 27.6 Å². The lowest BCUT2D eigenvalue weighted by atomic mass is 9.87. The van der Waals surface area contributed by atoms with Gasteiger partial charge in [-0.25, -0.2) is 0 Å². The van der Waals surface area contributed by atoms with Crippen molar-refractivity contribution in [3.05, 3.63) is 0 Å². The molecule has 0 unspecified atom stereocenters. The Kier molecular flexibility index (Phi) is 1.90. The molecule has 1 saturated carbocycles. The molecular weight excluding hydrogens is 98.1 g/mol. The van der Waals surface area contributed by atoms with E-state index in [-0.39, 0.29) is 0 Å². The summed E-state index contributed by atoms with van der Waals surface area (Å²) >= 11 is 0. The van der Waals surface area contributed by atoms with E-state index in [4.69, 9.17) is 0 Å². The van der Waals surface area contributed by atoms with Gasteiger partial charge in [-0.1, -0.05) is 13.3 Å². The van der Waals surface area contributed by atoms with Gasteiger partial charge in [0.25, 0.3) is 0 Å². The molecule has 48 valence electrons. The Hall–Kier alpha value is -0.0400. The zero-order chi connectivity index (χ0) is 5.98. The normalized spacial score (nSPS) is 39.8. The molecular formula is C7H16N+. The van der Waals surface area contributed by atoms with Crippen LogP contribution in [0.4, 0.5) is 0 Å². The van der Waals surface area contributed by atoms with Crippen LogP contribution in [0.5, 0.6) is 0 Å². The monoisotopic (exact) mass is 114 g/mol. The maximum atomic E-state index is 4.08. The summed E-state index contributed by atoms with van der Waals surface area (Å²) in [5.74, 6) is 0.892. The van der Waals surface area contributed by atoms with E-state index in [1.165, 1.54) is 25.7 Å². The third-order valence-electron chi connectivity index (χ3n) is 2.29. The van der Waals surface area contributed by atoms with Gasteiger partial charge in [0.2, 0.25) is 0 Å². The Labute approximate surface area is 51.3 Å². The van der Waals surface area contributed by atoms with Crippen LogP contribution in [0.25, 0.3) is 0 Å². The average Bonchev–Trinajstić information content (AvgIpc) is 1.77. The van der Waals surface area contributed by atoms with Crippen molar-refractivity contribution in [2.45, 2.75) is 38.6 Å².